The number of cyclic esters (lactones) is 1. The molecule has 0 spiro atoms. The van der Waals surface area contributed by atoms with E-state index in [0.29, 0.717) is 25.0 Å². The van der Waals surface area contributed by atoms with Gasteiger partial charge in [0, 0.05) is 30.7 Å². The molecule has 3 saturated heterocycles. The molecular formula is C39H67NO9. The lowest BCUT2D eigenvalue weighted by Gasteiger charge is -2.49. The van der Waals surface area contributed by atoms with Crippen molar-refractivity contribution in [3.05, 3.63) is 11.3 Å². The van der Waals surface area contributed by atoms with Crippen LogP contribution in [0.1, 0.15) is 116 Å². The van der Waals surface area contributed by atoms with Crippen molar-refractivity contribution < 1.29 is 43.1 Å². The number of carbonyl (C=O) groups is 2. The molecule has 49 heavy (non-hydrogen) atoms. The number of hydrogen-bond donors (Lipinski definition) is 1. The Morgan fingerprint density at radius 3 is 2.14 bits per heavy atom. The lowest BCUT2D eigenvalue weighted by molar-refractivity contribution is -0.303. The number of hydrogen-bond acceptors (Lipinski definition) is 10. The molecule has 4 aliphatic heterocycles. The van der Waals surface area contributed by atoms with Gasteiger partial charge in [0.1, 0.15) is 23.6 Å². The third-order valence-electron chi connectivity index (χ3n) is 12.2. The number of aliphatic hydroxyl groups excluding tert-OH is 1. The highest BCUT2D eigenvalue weighted by Crippen LogP contribution is 2.48. The van der Waals surface area contributed by atoms with Crippen molar-refractivity contribution >= 4 is 11.8 Å². The maximum Gasteiger partial charge on any atom is 0.311 e. The molecule has 282 valence electrons. The molecular weight excluding hydrogens is 626 g/mol. The number of aliphatic hydroxyl groups is 1. The molecule has 4 aliphatic rings. The molecule has 0 aromatic heterocycles. The number of ketones is 1. The fourth-order valence-corrected chi connectivity index (χ4v) is 9.19. The van der Waals surface area contributed by atoms with Crippen molar-refractivity contribution in [3.8, 4) is 0 Å². The van der Waals surface area contributed by atoms with Gasteiger partial charge >= 0.3 is 5.97 Å². The van der Waals surface area contributed by atoms with Gasteiger partial charge in [0.2, 0.25) is 0 Å². The molecule has 0 amide bonds. The summed E-state index contributed by atoms with van der Waals surface area (Å²) < 4.78 is 40.0. The number of Topliss-reactive ketones (excluding diaryl/α,β-unsaturated/α-hetero) is 1. The van der Waals surface area contributed by atoms with Crippen LogP contribution in [-0.2, 0) is 38.0 Å². The molecule has 14 atom stereocenters. The van der Waals surface area contributed by atoms with E-state index in [1.807, 2.05) is 76.2 Å². The van der Waals surface area contributed by atoms with Gasteiger partial charge < -0.3 is 38.4 Å². The van der Waals surface area contributed by atoms with Crippen molar-refractivity contribution in [3.63, 3.8) is 0 Å². The molecule has 3 fully saturated rings. The lowest BCUT2D eigenvalue weighted by Crippen LogP contribution is -2.57. The summed E-state index contributed by atoms with van der Waals surface area (Å²) in [6.07, 6.45) is -2.00. The largest absolute Gasteiger partial charge is 0.488 e. The Kier molecular flexibility index (Phi) is 12.2. The normalized spacial score (nSPS) is 44.9. The van der Waals surface area contributed by atoms with Gasteiger partial charge in [0.25, 0.3) is 0 Å². The van der Waals surface area contributed by atoms with Crippen molar-refractivity contribution in [1.82, 2.24) is 4.90 Å². The molecule has 1 N–H and O–H groups in total. The maximum absolute atomic E-state index is 14.2. The highest BCUT2D eigenvalue weighted by molar-refractivity contribution is 5.89. The van der Waals surface area contributed by atoms with E-state index >= 15 is 0 Å². The fourth-order valence-electron chi connectivity index (χ4n) is 9.19. The van der Waals surface area contributed by atoms with Crippen LogP contribution < -0.4 is 0 Å². The number of nitrogens with zero attached hydrogens (tertiary/aromatic N) is 1. The summed E-state index contributed by atoms with van der Waals surface area (Å²) in [5, 5.41) is 10.9. The van der Waals surface area contributed by atoms with Gasteiger partial charge in [-0.1, -0.05) is 34.6 Å². The molecule has 10 heteroatoms. The molecule has 0 radical (unpaired) electrons. The van der Waals surface area contributed by atoms with E-state index in [2.05, 4.69) is 32.8 Å². The average Bonchev–Trinajstić information content (AvgIpc) is 3.33. The van der Waals surface area contributed by atoms with Gasteiger partial charge in [-0.2, -0.15) is 0 Å². The first kappa shape index (κ1) is 40.2. The Morgan fingerprint density at radius 2 is 1.57 bits per heavy atom. The number of fused-ring (bicyclic) bond motifs is 2. The summed E-state index contributed by atoms with van der Waals surface area (Å²) in [6, 6.07) is 0.240. The zero-order chi connectivity index (χ0) is 37.0. The van der Waals surface area contributed by atoms with E-state index in [1.54, 1.807) is 0 Å². The third kappa shape index (κ3) is 7.95. The topological polar surface area (TPSA) is 113 Å². The second-order valence-electron chi connectivity index (χ2n) is 17.5. The Labute approximate surface area is 295 Å². The highest BCUT2D eigenvalue weighted by atomic mass is 16.7. The maximum atomic E-state index is 14.2. The second-order valence-corrected chi connectivity index (χ2v) is 17.5. The molecule has 0 aromatic carbocycles. The minimum absolute atomic E-state index is 0.0241. The zero-order valence-electron chi connectivity index (χ0n) is 33.0. The standard InChI is InChI=1S/C39H67NO9/c1-16-28-38(11,12)32(41)23(5)30-20(2)18-39(13,49-30)34(48-36-22(4)27(40(14)15)17-21(3)44-36)24(6)31(25(7)35(43)46-28)47-29-19-37(9,10)33(42)26(8)45-29/h21-29,31,33-34,36,42H,16-19H2,1-15H3/t21-,22-,23+,24+,25-,26+,27+,28-,29+,31+,33+,34-,36+,39-/m1/s1. The van der Waals surface area contributed by atoms with E-state index in [0.717, 1.165) is 12.0 Å². The molecule has 4 heterocycles. The average molecular weight is 694 g/mol. The van der Waals surface area contributed by atoms with Crippen LogP contribution in [0.4, 0.5) is 0 Å². The zero-order valence-corrected chi connectivity index (χ0v) is 33.0. The van der Waals surface area contributed by atoms with Crippen molar-refractivity contribution in [1.29, 1.82) is 0 Å². The quantitative estimate of drug-likeness (QED) is 0.320. The number of esters is 1. The van der Waals surface area contributed by atoms with Gasteiger partial charge in [0.15, 0.2) is 18.4 Å². The van der Waals surface area contributed by atoms with Crippen LogP contribution in [0.15, 0.2) is 11.3 Å². The van der Waals surface area contributed by atoms with Crippen LogP contribution in [-0.4, -0.2) is 96.7 Å². The lowest BCUT2D eigenvalue weighted by atomic mass is 9.75. The predicted octanol–water partition coefficient (Wildman–Crippen LogP) is 6.27. The van der Waals surface area contributed by atoms with Crippen LogP contribution >= 0.6 is 0 Å². The summed E-state index contributed by atoms with van der Waals surface area (Å²) in [7, 11) is 4.17. The van der Waals surface area contributed by atoms with Crippen molar-refractivity contribution in [2.45, 2.75) is 177 Å². The Morgan fingerprint density at radius 1 is 0.939 bits per heavy atom. The van der Waals surface area contributed by atoms with E-state index in [-0.39, 0.29) is 23.8 Å². The first-order valence-corrected chi connectivity index (χ1v) is 18.6. The summed E-state index contributed by atoms with van der Waals surface area (Å²) in [5.41, 5.74) is -1.32. The molecule has 0 aliphatic carbocycles. The summed E-state index contributed by atoms with van der Waals surface area (Å²) in [4.78, 5) is 30.7. The fraction of sp³-hybridized carbons (Fsp3) is 0.897. The Bertz CT molecular complexity index is 1230. The minimum Gasteiger partial charge on any atom is -0.488 e. The van der Waals surface area contributed by atoms with Gasteiger partial charge in [-0.05, 0) is 93.3 Å². The number of rotatable bonds is 6. The molecule has 0 aromatic rings. The number of carbonyl (C=O) groups excluding carboxylic acids is 2. The minimum atomic E-state index is -0.962. The van der Waals surface area contributed by atoms with Gasteiger partial charge in [-0.15, -0.1) is 0 Å². The Balaban J connectivity index is 1.84. The van der Waals surface area contributed by atoms with E-state index < -0.39 is 83.3 Å². The van der Waals surface area contributed by atoms with Crippen LogP contribution in [0.5, 0.6) is 0 Å². The summed E-state index contributed by atoms with van der Waals surface area (Å²) in [6.45, 7) is 25.6. The van der Waals surface area contributed by atoms with E-state index in [9.17, 15) is 14.7 Å². The molecule has 10 nitrogen and oxygen atoms in total. The smallest absolute Gasteiger partial charge is 0.311 e. The van der Waals surface area contributed by atoms with Crippen LogP contribution in [0.3, 0.4) is 0 Å². The third-order valence-corrected chi connectivity index (χ3v) is 12.2. The molecule has 0 saturated carbocycles. The second kappa shape index (κ2) is 14.8. The number of ether oxygens (including phenoxy) is 6. The monoisotopic (exact) mass is 693 g/mol. The first-order chi connectivity index (χ1) is 22.5. The summed E-state index contributed by atoms with van der Waals surface area (Å²) in [5.74, 6) is -1.48. The van der Waals surface area contributed by atoms with Crippen molar-refractivity contribution in [2.75, 3.05) is 14.1 Å². The van der Waals surface area contributed by atoms with Crippen molar-refractivity contribution in [2.24, 2.45) is 34.5 Å². The molecule has 0 unspecified atom stereocenters. The van der Waals surface area contributed by atoms with Gasteiger partial charge in [0.05, 0.1) is 41.7 Å². The summed E-state index contributed by atoms with van der Waals surface area (Å²) >= 11 is 0. The van der Waals surface area contributed by atoms with E-state index in [1.165, 1.54) is 0 Å². The van der Waals surface area contributed by atoms with Gasteiger partial charge in [-0.3, -0.25) is 9.59 Å². The van der Waals surface area contributed by atoms with Crippen LogP contribution in [0.25, 0.3) is 0 Å². The first-order valence-electron chi connectivity index (χ1n) is 18.6. The predicted molar refractivity (Wildman–Crippen MR) is 187 cm³/mol. The highest BCUT2D eigenvalue weighted by Gasteiger charge is 2.55. The van der Waals surface area contributed by atoms with Gasteiger partial charge in [-0.25, -0.2) is 0 Å². The van der Waals surface area contributed by atoms with Crippen LogP contribution in [0.2, 0.25) is 0 Å². The molecule has 2 bridgehead atoms. The van der Waals surface area contributed by atoms with E-state index in [4.69, 9.17) is 28.4 Å². The number of allylic oxidation sites excluding steroid dienone is 1. The molecule has 4 rings (SSSR count). The SMILES string of the molecule is CC[C@H]1OC(=O)[C@H](C)[C@@H](O[C@H]2CC(C)(C)[C@@H](O)[C@H](C)O2)[C@H](C)[C@@H](O[C@@H]2O[C@H](C)C[C@H](N(C)C)[C@H]2C)[C@@]2(C)CC(C)=C(O2)[C@H](C)C(=O)C1(C)C. The Hall–Kier alpha value is -1.56. The van der Waals surface area contributed by atoms with Crippen LogP contribution in [0, 0.1) is 34.5 Å².